The van der Waals surface area contributed by atoms with E-state index in [1.807, 2.05) is 23.1 Å². The lowest BCUT2D eigenvalue weighted by Crippen LogP contribution is -2.46. The van der Waals surface area contributed by atoms with Crippen LogP contribution in [0.2, 0.25) is 5.02 Å². The number of halogens is 1. The van der Waals surface area contributed by atoms with Gasteiger partial charge in [0.15, 0.2) is 5.82 Å². The van der Waals surface area contributed by atoms with Crippen LogP contribution in [-0.2, 0) is 0 Å². The Hall–Kier alpha value is -3.80. The fourth-order valence-electron chi connectivity index (χ4n) is 4.75. The van der Waals surface area contributed by atoms with Gasteiger partial charge in [-0.05, 0) is 55.4 Å². The van der Waals surface area contributed by atoms with Gasteiger partial charge in [0.2, 0.25) is 5.95 Å². The predicted octanol–water partition coefficient (Wildman–Crippen LogP) is 5.92. The standard InChI is InChI=1S/C28H31ClN8/c1-3-11-37(23-9-10-26-24(16-23)25(29)19-31-26)27-20(17-30)18-32-28(34-27)33-21-5-7-22(8-6-21)36-14-12-35(4-2)13-15-36/h5-10,16,18-19,31H,3-4,11-15H2,1-2H3,(H,32,33,34). The summed E-state index contributed by atoms with van der Waals surface area (Å²) in [6.45, 7) is 10.4. The van der Waals surface area contributed by atoms with Crippen molar-refractivity contribution in [3.63, 3.8) is 0 Å². The first kappa shape index (κ1) is 24.9. The largest absolute Gasteiger partial charge is 0.369 e. The molecule has 0 atom stereocenters. The van der Waals surface area contributed by atoms with E-state index >= 15 is 0 Å². The van der Waals surface area contributed by atoms with E-state index < -0.39 is 0 Å². The van der Waals surface area contributed by atoms with Crippen LogP contribution < -0.4 is 15.1 Å². The van der Waals surface area contributed by atoms with Crippen LogP contribution in [-0.4, -0.2) is 59.1 Å². The molecule has 37 heavy (non-hydrogen) atoms. The van der Waals surface area contributed by atoms with Crippen molar-refractivity contribution >= 4 is 51.3 Å². The molecule has 2 aromatic carbocycles. The third-order valence-electron chi connectivity index (χ3n) is 6.83. The highest BCUT2D eigenvalue weighted by Crippen LogP contribution is 2.33. The predicted molar refractivity (Wildman–Crippen MR) is 151 cm³/mol. The van der Waals surface area contributed by atoms with Gasteiger partial charge in [0, 0.05) is 66.9 Å². The molecule has 4 aromatic rings. The Bertz CT molecular complexity index is 1400. The van der Waals surface area contributed by atoms with E-state index in [2.05, 4.69) is 69.3 Å². The zero-order valence-corrected chi connectivity index (χ0v) is 22.0. The topological polar surface area (TPSA) is 87.1 Å². The van der Waals surface area contributed by atoms with E-state index in [0.717, 1.165) is 61.4 Å². The first-order valence-corrected chi connectivity index (χ1v) is 13.1. The lowest BCUT2D eigenvalue weighted by molar-refractivity contribution is 0.271. The maximum absolute atomic E-state index is 9.82. The first-order valence-electron chi connectivity index (χ1n) is 12.7. The number of hydrogen-bond donors (Lipinski definition) is 2. The van der Waals surface area contributed by atoms with Crippen molar-refractivity contribution < 1.29 is 0 Å². The second-order valence-corrected chi connectivity index (χ2v) is 9.56. The SMILES string of the molecule is CCCN(c1ccc2[nH]cc(Cl)c2c1)c1nc(Nc2ccc(N3CCN(CC)CC3)cc2)ncc1C#N. The molecule has 0 radical (unpaired) electrons. The van der Waals surface area contributed by atoms with Gasteiger partial charge in [-0.3, -0.25) is 0 Å². The summed E-state index contributed by atoms with van der Waals surface area (Å²) in [7, 11) is 0. The molecule has 5 rings (SSSR count). The number of fused-ring (bicyclic) bond motifs is 1. The van der Waals surface area contributed by atoms with Gasteiger partial charge in [-0.15, -0.1) is 0 Å². The third-order valence-corrected chi connectivity index (χ3v) is 7.14. The summed E-state index contributed by atoms with van der Waals surface area (Å²) >= 11 is 6.38. The van der Waals surface area contributed by atoms with Gasteiger partial charge in [-0.25, -0.2) is 4.98 Å². The summed E-state index contributed by atoms with van der Waals surface area (Å²) in [5, 5.41) is 14.7. The minimum atomic E-state index is 0.417. The number of anilines is 5. The first-order chi connectivity index (χ1) is 18.1. The van der Waals surface area contributed by atoms with Gasteiger partial charge < -0.3 is 25.0 Å². The van der Waals surface area contributed by atoms with E-state index in [4.69, 9.17) is 16.6 Å². The molecule has 1 fully saturated rings. The Morgan fingerprint density at radius 3 is 2.59 bits per heavy atom. The molecule has 3 heterocycles. The zero-order valence-electron chi connectivity index (χ0n) is 21.2. The molecule has 1 aliphatic heterocycles. The van der Waals surface area contributed by atoms with Crippen LogP contribution in [0.25, 0.3) is 10.9 Å². The molecule has 2 N–H and O–H groups in total. The Balaban J connectivity index is 1.39. The van der Waals surface area contributed by atoms with Crippen LogP contribution in [0.3, 0.4) is 0 Å². The Morgan fingerprint density at radius 1 is 1.11 bits per heavy atom. The average molecular weight is 515 g/mol. The maximum Gasteiger partial charge on any atom is 0.229 e. The summed E-state index contributed by atoms with van der Waals surface area (Å²) in [5.74, 6) is 1.01. The van der Waals surface area contributed by atoms with Gasteiger partial charge >= 0.3 is 0 Å². The number of aromatic nitrogens is 3. The smallest absolute Gasteiger partial charge is 0.229 e. The molecule has 8 nitrogen and oxygen atoms in total. The van der Waals surface area contributed by atoms with E-state index in [1.165, 1.54) is 5.69 Å². The fourth-order valence-corrected chi connectivity index (χ4v) is 4.96. The Morgan fingerprint density at radius 2 is 1.89 bits per heavy atom. The number of nitriles is 1. The van der Waals surface area contributed by atoms with Crippen molar-refractivity contribution in [3.8, 4) is 6.07 Å². The van der Waals surface area contributed by atoms with Crippen LogP contribution in [0.5, 0.6) is 0 Å². The molecular formula is C28H31ClN8. The molecular weight excluding hydrogens is 484 g/mol. The number of likely N-dealkylation sites (N-methyl/N-ethyl adjacent to an activating group) is 1. The highest BCUT2D eigenvalue weighted by atomic mass is 35.5. The van der Waals surface area contributed by atoms with Crippen molar-refractivity contribution in [1.29, 1.82) is 5.26 Å². The Kier molecular flexibility index (Phi) is 7.45. The molecule has 0 saturated carbocycles. The Labute approximate surface area is 222 Å². The van der Waals surface area contributed by atoms with Crippen LogP contribution in [0.15, 0.2) is 54.9 Å². The van der Waals surface area contributed by atoms with Crippen molar-refractivity contribution in [2.45, 2.75) is 20.3 Å². The van der Waals surface area contributed by atoms with Crippen molar-refractivity contribution in [2.75, 3.05) is 54.4 Å². The summed E-state index contributed by atoms with van der Waals surface area (Å²) in [6, 6.07) is 16.7. The maximum atomic E-state index is 9.82. The number of piperazine rings is 1. The minimum absolute atomic E-state index is 0.417. The molecule has 190 valence electrons. The number of nitrogens with zero attached hydrogens (tertiary/aromatic N) is 6. The number of nitrogens with one attached hydrogen (secondary N) is 2. The number of H-pyrrole nitrogens is 1. The van der Waals surface area contributed by atoms with Gasteiger partial charge in [0.25, 0.3) is 0 Å². The molecule has 0 amide bonds. The van der Waals surface area contributed by atoms with E-state index in [0.29, 0.717) is 28.9 Å². The summed E-state index contributed by atoms with van der Waals surface area (Å²) in [4.78, 5) is 19.3. The van der Waals surface area contributed by atoms with Crippen LogP contribution in [0, 0.1) is 11.3 Å². The quantitative estimate of drug-likeness (QED) is 0.302. The van der Waals surface area contributed by atoms with Crippen molar-refractivity contribution in [2.24, 2.45) is 0 Å². The second kappa shape index (κ2) is 11.1. The minimum Gasteiger partial charge on any atom is -0.369 e. The van der Waals surface area contributed by atoms with Gasteiger partial charge in [-0.1, -0.05) is 25.4 Å². The van der Waals surface area contributed by atoms with Gasteiger partial charge in [-0.2, -0.15) is 10.2 Å². The summed E-state index contributed by atoms with van der Waals surface area (Å²) in [5.41, 5.74) is 4.42. The van der Waals surface area contributed by atoms with Crippen LogP contribution in [0.1, 0.15) is 25.8 Å². The summed E-state index contributed by atoms with van der Waals surface area (Å²) in [6.07, 6.45) is 4.24. The molecule has 0 unspecified atom stereocenters. The summed E-state index contributed by atoms with van der Waals surface area (Å²) < 4.78 is 0. The van der Waals surface area contributed by atoms with Crippen molar-refractivity contribution in [3.05, 3.63) is 65.4 Å². The highest BCUT2D eigenvalue weighted by molar-refractivity contribution is 6.35. The number of rotatable bonds is 8. The van der Waals surface area contributed by atoms with Crippen molar-refractivity contribution in [1.82, 2.24) is 19.9 Å². The monoisotopic (exact) mass is 514 g/mol. The molecule has 2 aromatic heterocycles. The van der Waals surface area contributed by atoms with E-state index in [9.17, 15) is 5.26 Å². The second-order valence-electron chi connectivity index (χ2n) is 9.15. The average Bonchev–Trinajstić information content (AvgIpc) is 3.32. The van der Waals surface area contributed by atoms with E-state index in [1.54, 1.807) is 12.4 Å². The van der Waals surface area contributed by atoms with Gasteiger partial charge in [0.1, 0.15) is 11.6 Å². The molecule has 9 heteroatoms. The molecule has 0 spiro atoms. The highest BCUT2D eigenvalue weighted by Gasteiger charge is 2.19. The molecule has 1 aliphatic rings. The number of benzene rings is 2. The molecule has 0 aliphatic carbocycles. The lowest BCUT2D eigenvalue weighted by atomic mass is 10.2. The molecule has 1 saturated heterocycles. The molecule has 0 bridgehead atoms. The van der Waals surface area contributed by atoms with Crippen LogP contribution >= 0.6 is 11.6 Å². The fraction of sp³-hybridized carbons (Fsp3) is 0.321. The lowest BCUT2D eigenvalue weighted by Gasteiger charge is -2.35. The van der Waals surface area contributed by atoms with Crippen LogP contribution in [0.4, 0.5) is 28.8 Å². The van der Waals surface area contributed by atoms with E-state index in [-0.39, 0.29) is 0 Å². The third kappa shape index (κ3) is 5.33. The van der Waals surface area contributed by atoms with Gasteiger partial charge in [0.05, 0.1) is 11.2 Å². The zero-order chi connectivity index (χ0) is 25.8. The number of aromatic amines is 1. The number of hydrogen-bond acceptors (Lipinski definition) is 7. The normalized spacial score (nSPS) is 14.1.